The van der Waals surface area contributed by atoms with Crippen molar-refractivity contribution in [3.63, 3.8) is 0 Å². The summed E-state index contributed by atoms with van der Waals surface area (Å²) >= 11 is 0. The van der Waals surface area contributed by atoms with E-state index >= 15 is 0 Å². The lowest BCUT2D eigenvalue weighted by atomic mass is 10.2. The second-order valence-electron chi connectivity index (χ2n) is 2.62. The second kappa shape index (κ2) is 7.78. The Hall–Kier alpha value is -1.59. The minimum atomic E-state index is -1.35. The van der Waals surface area contributed by atoms with Crippen molar-refractivity contribution < 1.29 is 19.2 Å². The molecule has 86 valence electrons. The molecule has 15 heavy (non-hydrogen) atoms. The SMILES string of the molecule is CCOC=CCC(C(=O)OCC)[N+](=O)[O-]. The van der Waals surface area contributed by atoms with Crippen molar-refractivity contribution in [2.24, 2.45) is 0 Å². The molecule has 0 amide bonds. The maximum absolute atomic E-state index is 11.1. The van der Waals surface area contributed by atoms with Crippen LogP contribution >= 0.6 is 0 Å². The van der Waals surface area contributed by atoms with E-state index in [0.29, 0.717) is 6.61 Å². The third-order valence-electron chi connectivity index (χ3n) is 1.53. The van der Waals surface area contributed by atoms with Gasteiger partial charge < -0.3 is 9.47 Å². The highest BCUT2D eigenvalue weighted by atomic mass is 16.6. The molecule has 1 atom stereocenters. The predicted octanol–water partition coefficient (Wildman–Crippen LogP) is 1.14. The van der Waals surface area contributed by atoms with Crippen LogP contribution in [0.15, 0.2) is 12.3 Å². The van der Waals surface area contributed by atoms with Crippen molar-refractivity contribution in [2.75, 3.05) is 13.2 Å². The Labute approximate surface area is 88.0 Å². The lowest BCUT2D eigenvalue weighted by Crippen LogP contribution is -2.30. The van der Waals surface area contributed by atoms with Crippen LogP contribution in [0, 0.1) is 10.1 Å². The van der Waals surface area contributed by atoms with Crippen LogP contribution in [0.5, 0.6) is 0 Å². The number of hydrogen-bond donors (Lipinski definition) is 0. The summed E-state index contributed by atoms with van der Waals surface area (Å²) in [6.45, 7) is 4.02. The second-order valence-corrected chi connectivity index (χ2v) is 2.62. The maximum atomic E-state index is 11.1. The van der Waals surface area contributed by atoms with Crippen LogP contribution in [-0.4, -0.2) is 30.1 Å². The molecule has 6 nitrogen and oxygen atoms in total. The molecule has 0 fully saturated rings. The van der Waals surface area contributed by atoms with Crippen molar-refractivity contribution in [3.8, 4) is 0 Å². The Balaban J connectivity index is 4.16. The molecule has 0 aliphatic carbocycles. The Morgan fingerprint density at radius 1 is 1.47 bits per heavy atom. The predicted molar refractivity (Wildman–Crippen MR) is 52.8 cm³/mol. The first-order valence-electron chi connectivity index (χ1n) is 4.70. The van der Waals surface area contributed by atoms with Gasteiger partial charge in [-0.25, -0.2) is 4.79 Å². The molecular formula is C9H15NO5. The molecule has 0 aromatic carbocycles. The number of nitro groups is 1. The number of carbonyl (C=O) groups excluding carboxylic acids is 1. The van der Waals surface area contributed by atoms with E-state index in [2.05, 4.69) is 4.74 Å². The van der Waals surface area contributed by atoms with Crippen LogP contribution in [0.1, 0.15) is 20.3 Å². The molecule has 0 aliphatic rings. The normalized spacial score (nSPS) is 12.4. The molecule has 0 saturated carbocycles. The van der Waals surface area contributed by atoms with Gasteiger partial charge >= 0.3 is 12.0 Å². The zero-order valence-electron chi connectivity index (χ0n) is 8.84. The van der Waals surface area contributed by atoms with Gasteiger partial charge in [0.05, 0.1) is 19.5 Å². The standard InChI is InChI=1S/C9H15NO5/c1-3-14-7-5-6-8(10(12)13)9(11)15-4-2/h5,7-8H,3-4,6H2,1-2H3. The molecule has 0 heterocycles. The number of ether oxygens (including phenoxy) is 2. The Bertz CT molecular complexity index is 239. The van der Waals surface area contributed by atoms with E-state index in [1.807, 2.05) is 0 Å². The van der Waals surface area contributed by atoms with Gasteiger partial charge in [0.15, 0.2) is 0 Å². The minimum absolute atomic E-state index is 0.0220. The van der Waals surface area contributed by atoms with Crippen molar-refractivity contribution in [3.05, 3.63) is 22.5 Å². The number of nitrogens with zero attached hydrogens (tertiary/aromatic N) is 1. The van der Waals surface area contributed by atoms with Gasteiger partial charge in [-0.15, -0.1) is 0 Å². The van der Waals surface area contributed by atoms with Crippen LogP contribution in [0.4, 0.5) is 0 Å². The molecule has 0 aromatic rings. The zero-order valence-corrected chi connectivity index (χ0v) is 8.84. The van der Waals surface area contributed by atoms with Gasteiger partial charge in [-0.05, 0) is 19.9 Å². The molecule has 0 rings (SSSR count). The average molecular weight is 217 g/mol. The molecule has 6 heteroatoms. The fourth-order valence-electron chi connectivity index (χ4n) is 0.856. The van der Waals surface area contributed by atoms with Crippen LogP contribution in [0.3, 0.4) is 0 Å². The Morgan fingerprint density at radius 2 is 2.13 bits per heavy atom. The van der Waals surface area contributed by atoms with Crippen molar-refractivity contribution in [2.45, 2.75) is 26.3 Å². The Morgan fingerprint density at radius 3 is 2.60 bits per heavy atom. The molecular weight excluding hydrogens is 202 g/mol. The lowest BCUT2D eigenvalue weighted by Gasteiger charge is -2.05. The van der Waals surface area contributed by atoms with Gasteiger partial charge in [-0.2, -0.15) is 0 Å². The van der Waals surface area contributed by atoms with E-state index in [1.54, 1.807) is 13.8 Å². The Kier molecular flexibility index (Phi) is 6.96. The first-order valence-corrected chi connectivity index (χ1v) is 4.70. The summed E-state index contributed by atoms with van der Waals surface area (Å²) in [5, 5.41) is 10.5. The third kappa shape index (κ3) is 5.66. The number of hydrogen-bond acceptors (Lipinski definition) is 5. The average Bonchev–Trinajstić information content (AvgIpc) is 2.17. The quantitative estimate of drug-likeness (QED) is 0.276. The zero-order chi connectivity index (χ0) is 11.7. The molecule has 0 spiro atoms. The van der Waals surface area contributed by atoms with Crippen molar-refractivity contribution in [1.29, 1.82) is 0 Å². The molecule has 0 radical (unpaired) electrons. The van der Waals surface area contributed by atoms with Crippen LogP contribution in [0.2, 0.25) is 0 Å². The molecule has 0 N–H and O–H groups in total. The largest absolute Gasteiger partial charge is 0.502 e. The van der Waals surface area contributed by atoms with Crippen molar-refractivity contribution in [1.82, 2.24) is 0 Å². The fourth-order valence-corrected chi connectivity index (χ4v) is 0.856. The maximum Gasteiger partial charge on any atom is 0.381 e. The monoisotopic (exact) mass is 217 g/mol. The van der Waals surface area contributed by atoms with E-state index in [0.717, 1.165) is 0 Å². The minimum Gasteiger partial charge on any atom is -0.502 e. The first-order chi connectivity index (χ1) is 7.13. The number of rotatable bonds is 7. The summed E-state index contributed by atoms with van der Waals surface area (Å²) in [5.74, 6) is -0.816. The number of carbonyl (C=O) groups is 1. The van der Waals surface area contributed by atoms with E-state index in [1.165, 1.54) is 12.3 Å². The topological polar surface area (TPSA) is 78.7 Å². The summed E-state index contributed by atoms with van der Waals surface area (Å²) in [7, 11) is 0. The highest BCUT2D eigenvalue weighted by Gasteiger charge is 2.29. The first kappa shape index (κ1) is 13.4. The molecule has 0 aliphatic heterocycles. The highest BCUT2D eigenvalue weighted by molar-refractivity contribution is 5.74. The van der Waals surface area contributed by atoms with E-state index in [9.17, 15) is 14.9 Å². The van der Waals surface area contributed by atoms with E-state index in [4.69, 9.17) is 4.74 Å². The van der Waals surface area contributed by atoms with Gasteiger partial charge in [0, 0.05) is 11.3 Å². The van der Waals surface area contributed by atoms with Crippen LogP contribution in [-0.2, 0) is 14.3 Å². The summed E-state index contributed by atoms with van der Waals surface area (Å²) in [5.41, 5.74) is 0. The number of esters is 1. The van der Waals surface area contributed by atoms with Gasteiger partial charge in [0.1, 0.15) is 0 Å². The third-order valence-corrected chi connectivity index (χ3v) is 1.53. The molecule has 1 unspecified atom stereocenters. The van der Waals surface area contributed by atoms with Gasteiger partial charge in [0.25, 0.3) is 0 Å². The molecule has 0 aromatic heterocycles. The summed E-state index contributed by atoms with van der Waals surface area (Å²) < 4.78 is 9.42. The van der Waals surface area contributed by atoms with Crippen LogP contribution < -0.4 is 0 Å². The summed E-state index contributed by atoms with van der Waals surface area (Å²) in [4.78, 5) is 21.0. The molecule has 0 saturated heterocycles. The summed E-state index contributed by atoms with van der Waals surface area (Å²) in [6.07, 6.45) is 2.76. The summed E-state index contributed by atoms with van der Waals surface area (Å²) in [6, 6.07) is -1.35. The van der Waals surface area contributed by atoms with Gasteiger partial charge in [-0.1, -0.05) is 0 Å². The van der Waals surface area contributed by atoms with Gasteiger partial charge in [-0.3, -0.25) is 10.1 Å². The van der Waals surface area contributed by atoms with Crippen molar-refractivity contribution >= 4 is 5.97 Å². The molecule has 0 bridgehead atoms. The fraction of sp³-hybridized carbons (Fsp3) is 0.667. The lowest BCUT2D eigenvalue weighted by molar-refractivity contribution is -0.509. The van der Waals surface area contributed by atoms with E-state index < -0.39 is 16.9 Å². The van der Waals surface area contributed by atoms with Crippen LogP contribution in [0.25, 0.3) is 0 Å². The van der Waals surface area contributed by atoms with E-state index in [-0.39, 0.29) is 13.0 Å². The highest BCUT2D eigenvalue weighted by Crippen LogP contribution is 2.02. The smallest absolute Gasteiger partial charge is 0.381 e. The van der Waals surface area contributed by atoms with Gasteiger partial charge in [0.2, 0.25) is 0 Å².